The molecule has 0 saturated heterocycles. The maximum Gasteiger partial charge on any atom is 0.261 e. The van der Waals surface area contributed by atoms with Gasteiger partial charge in [0.25, 0.3) is 10.0 Å². The van der Waals surface area contributed by atoms with Crippen LogP contribution in [0.1, 0.15) is 5.56 Å². The van der Waals surface area contributed by atoms with E-state index in [2.05, 4.69) is 9.71 Å². The van der Waals surface area contributed by atoms with Crippen molar-refractivity contribution in [3.63, 3.8) is 0 Å². The summed E-state index contributed by atoms with van der Waals surface area (Å²) in [7, 11) is -3.82. The molecular formula is C26H21FN3O3S+. The van der Waals surface area contributed by atoms with Crippen LogP contribution in [0.25, 0.3) is 0 Å². The first-order valence-electron chi connectivity index (χ1n) is 10.6. The zero-order chi connectivity index (χ0) is 23.5. The molecule has 170 valence electrons. The van der Waals surface area contributed by atoms with Crippen LogP contribution in [0.2, 0.25) is 0 Å². The van der Waals surface area contributed by atoms with E-state index in [1.54, 1.807) is 12.1 Å². The predicted molar refractivity (Wildman–Crippen MR) is 129 cm³/mol. The quantitative estimate of drug-likeness (QED) is 0.374. The highest BCUT2D eigenvalue weighted by atomic mass is 32.2. The monoisotopic (exact) mass is 474 g/mol. The molecule has 3 N–H and O–H groups in total. The van der Waals surface area contributed by atoms with Gasteiger partial charge in [0, 0.05) is 6.07 Å². The maximum atomic E-state index is 13.1. The highest BCUT2D eigenvalue weighted by Gasteiger charge is 2.22. The fourth-order valence-corrected chi connectivity index (χ4v) is 4.67. The van der Waals surface area contributed by atoms with E-state index in [4.69, 9.17) is 4.74 Å². The van der Waals surface area contributed by atoms with Gasteiger partial charge in [-0.1, -0.05) is 30.3 Å². The van der Waals surface area contributed by atoms with Gasteiger partial charge in [-0.15, -0.1) is 0 Å². The lowest BCUT2D eigenvalue weighted by Crippen LogP contribution is -2.81. The van der Waals surface area contributed by atoms with Crippen LogP contribution in [0.3, 0.4) is 0 Å². The van der Waals surface area contributed by atoms with Crippen LogP contribution >= 0.6 is 0 Å². The van der Waals surface area contributed by atoms with Gasteiger partial charge in [-0.05, 0) is 66.2 Å². The van der Waals surface area contributed by atoms with E-state index >= 15 is 0 Å². The van der Waals surface area contributed by atoms with Crippen LogP contribution < -0.4 is 14.8 Å². The number of nitrogens with zero attached hydrogens (tertiary/aromatic N) is 1. The molecule has 1 aliphatic rings. The molecule has 5 rings (SSSR count). The summed E-state index contributed by atoms with van der Waals surface area (Å²) in [5, 5.41) is 1.99. The van der Waals surface area contributed by atoms with Crippen molar-refractivity contribution in [1.82, 2.24) is 0 Å². The summed E-state index contributed by atoms with van der Waals surface area (Å²) >= 11 is 0. The molecule has 0 spiro atoms. The fourth-order valence-electron chi connectivity index (χ4n) is 3.62. The summed E-state index contributed by atoms with van der Waals surface area (Å²) in [5.41, 5.74) is 3.09. The van der Waals surface area contributed by atoms with E-state index in [0.717, 1.165) is 40.7 Å². The van der Waals surface area contributed by atoms with Crippen LogP contribution in [-0.2, 0) is 16.4 Å². The largest absolute Gasteiger partial charge is 0.457 e. The molecule has 0 amide bonds. The Hall–Kier alpha value is -4.01. The molecule has 0 saturated carbocycles. The number of halogens is 1. The van der Waals surface area contributed by atoms with E-state index in [9.17, 15) is 12.8 Å². The molecular weight excluding hydrogens is 453 g/mol. The van der Waals surface area contributed by atoms with E-state index in [-0.39, 0.29) is 4.90 Å². The molecule has 0 atom stereocenters. The molecule has 4 aromatic carbocycles. The Bertz CT molecular complexity index is 1450. The lowest BCUT2D eigenvalue weighted by molar-refractivity contribution is -0.440. The number of sulfonamides is 1. The summed E-state index contributed by atoms with van der Waals surface area (Å²) in [4.78, 5) is 4.65. The summed E-state index contributed by atoms with van der Waals surface area (Å²) in [6.07, 6.45) is 0.636. The van der Waals surface area contributed by atoms with Gasteiger partial charge in [0.05, 0.1) is 17.0 Å². The van der Waals surface area contributed by atoms with Crippen LogP contribution in [0.5, 0.6) is 11.5 Å². The first kappa shape index (κ1) is 21.8. The van der Waals surface area contributed by atoms with Crippen molar-refractivity contribution in [2.24, 2.45) is 4.99 Å². The van der Waals surface area contributed by atoms with E-state index in [1.807, 2.05) is 66.0 Å². The van der Waals surface area contributed by atoms with Gasteiger partial charge in [0.2, 0.25) is 5.84 Å². The van der Waals surface area contributed by atoms with Crippen molar-refractivity contribution in [2.45, 2.75) is 11.3 Å². The maximum absolute atomic E-state index is 13.1. The van der Waals surface area contributed by atoms with Crippen molar-refractivity contribution >= 4 is 32.9 Å². The molecule has 8 heteroatoms. The highest BCUT2D eigenvalue weighted by molar-refractivity contribution is 7.92. The zero-order valence-corrected chi connectivity index (χ0v) is 18.8. The minimum absolute atomic E-state index is 0.00941. The van der Waals surface area contributed by atoms with Crippen molar-refractivity contribution in [2.75, 3.05) is 4.72 Å². The third-order valence-corrected chi connectivity index (χ3v) is 6.68. The smallest absolute Gasteiger partial charge is 0.261 e. The normalized spacial score (nSPS) is 12.7. The minimum Gasteiger partial charge on any atom is -0.457 e. The van der Waals surface area contributed by atoms with Gasteiger partial charge in [-0.25, -0.2) is 12.8 Å². The van der Waals surface area contributed by atoms with Crippen LogP contribution in [-0.4, -0.2) is 14.3 Å². The number of quaternary nitrogens is 1. The Kier molecular flexibility index (Phi) is 5.83. The number of para-hydroxylation sites is 1. The number of rotatable bonds is 7. The van der Waals surface area contributed by atoms with Crippen LogP contribution in [0, 0.1) is 5.82 Å². The predicted octanol–water partition coefficient (Wildman–Crippen LogP) is 4.90. The second-order valence-corrected chi connectivity index (χ2v) is 9.50. The SMILES string of the molecule is O=S(=O)(Nc1ccc2c(c1)N=C(Cc1ccc(Oc3ccccc3)cc1)[NH2+]2)c1ccc(F)cc1. The molecule has 0 aliphatic carbocycles. The summed E-state index contributed by atoms with van der Waals surface area (Å²) in [5.74, 6) is 1.93. The molecule has 6 nitrogen and oxygen atoms in total. The number of hydrogen-bond donors (Lipinski definition) is 2. The lowest BCUT2D eigenvalue weighted by Gasteiger charge is -2.08. The standard InChI is InChI=1S/C26H20FN3O3S/c27-19-8-13-23(14-9-19)34(31,32)30-20-10-15-24-25(17-20)29-26(28-24)16-18-6-11-22(12-7-18)33-21-4-2-1-3-5-21/h1-15,17,30H,16H2,(H,28,29)/p+1. The number of nitrogens with two attached hydrogens (primary N) is 1. The third-order valence-electron chi connectivity index (χ3n) is 5.28. The number of fused-ring (bicyclic) bond motifs is 1. The number of ether oxygens (including phenoxy) is 1. The van der Waals surface area contributed by atoms with Crippen LogP contribution in [0.4, 0.5) is 21.5 Å². The number of anilines is 1. The third kappa shape index (κ3) is 4.98. The van der Waals surface area contributed by atoms with E-state index in [0.29, 0.717) is 17.8 Å². The van der Waals surface area contributed by atoms with Gasteiger partial charge in [0.1, 0.15) is 23.0 Å². The summed E-state index contributed by atoms with van der Waals surface area (Å²) in [6.45, 7) is 0. The van der Waals surface area contributed by atoms with Crippen molar-refractivity contribution in [3.8, 4) is 11.5 Å². The molecule has 34 heavy (non-hydrogen) atoms. The Morgan fingerprint density at radius 1 is 0.853 bits per heavy atom. The van der Waals surface area contributed by atoms with Gasteiger partial charge >= 0.3 is 0 Å². The summed E-state index contributed by atoms with van der Waals surface area (Å²) in [6, 6.07) is 27.3. The number of hydrogen-bond acceptors (Lipinski definition) is 4. The van der Waals surface area contributed by atoms with Gasteiger partial charge in [0.15, 0.2) is 5.69 Å². The van der Waals surface area contributed by atoms with E-state index < -0.39 is 15.8 Å². The number of benzene rings is 4. The Balaban J connectivity index is 1.26. The van der Waals surface area contributed by atoms with Crippen molar-refractivity contribution in [3.05, 3.63) is 108 Å². The molecule has 0 radical (unpaired) electrons. The number of amidine groups is 1. The molecule has 0 unspecified atom stereocenters. The zero-order valence-electron chi connectivity index (χ0n) is 18.0. The molecule has 0 aromatic heterocycles. The van der Waals surface area contributed by atoms with E-state index in [1.165, 1.54) is 12.1 Å². The first-order chi connectivity index (χ1) is 16.4. The summed E-state index contributed by atoms with van der Waals surface area (Å²) < 4.78 is 46.6. The van der Waals surface area contributed by atoms with Gasteiger partial charge < -0.3 is 4.74 Å². The first-order valence-corrected chi connectivity index (χ1v) is 12.1. The second kappa shape index (κ2) is 9.09. The average molecular weight is 475 g/mol. The number of nitrogens with one attached hydrogen (secondary N) is 1. The van der Waals surface area contributed by atoms with Gasteiger partial charge in [-0.3, -0.25) is 10.0 Å². The fraction of sp³-hybridized carbons (Fsp3) is 0.0385. The number of aliphatic imine (C=N–C) groups is 1. The molecule has 1 aliphatic heterocycles. The average Bonchev–Trinajstić information content (AvgIpc) is 3.22. The molecule has 0 bridgehead atoms. The topological polar surface area (TPSA) is 84.4 Å². The second-order valence-electron chi connectivity index (χ2n) is 7.82. The Labute approximate surface area is 196 Å². The molecule has 4 aromatic rings. The highest BCUT2D eigenvalue weighted by Crippen LogP contribution is 2.30. The van der Waals surface area contributed by atoms with Crippen molar-refractivity contribution in [1.29, 1.82) is 0 Å². The molecule has 0 fully saturated rings. The molecule has 1 heterocycles. The lowest BCUT2D eigenvalue weighted by atomic mass is 10.1. The van der Waals surface area contributed by atoms with Crippen LogP contribution in [0.15, 0.2) is 107 Å². The Morgan fingerprint density at radius 3 is 2.29 bits per heavy atom. The Morgan fingerprint density at radius 2 is 1.56 bits per heavy atom. The van der Waals surface area contributed by atoms with Crippen molar-refractivity contribution < 1.29 is 22.9 Å². The minimum atomic E-state index is -3.82. The van der Waals surface area contributed by atoms with Gasteiger partial charge in [-0.2, -0.15) is 4.99 Å².